The van der Waals surface area contributed by atoms with Crippen LogP contribution in [0.5, 0.6) is 0 Å². The normalized spacial score (nSPS) is 17.4. The van der Waals surface area contributed by atoms with Gasteiger partial charge in [-0.2, -0.15) is 0 Å². The van der Waals surface area contributed by atoms with Gasteiger partial charge in [-0.3, -0.25) is 9.47 Å². The predicted molar refractivity (Wildman–Crippen MR) is 90.0 cm³/mol. The zero-order valence-electron chi connectivity index (χ0n) is 12.7. The monoisotopic (exact) mass is 322 g/mol. The average molecular weight is 323 g/mol. The number of thiophene rings is 1. The zero-order valence-corrected chi connectivity index (χ0v) is 14.3. The maximum atomic E-state index is 5.62. The smallest absolute Gasteiger partial charge is 0.199 e. The first-order valence-electron chi connectivity index (χ1n) is 7.63. The summed E-state index contributed by atoms with van der Waals surface area (Å²) in [6.07, 6.45) is 2.55. The Bertz CT molecular complexity index is 633. The highest BCUT2D eigenvalue weighted by Gasteiger charge is 2.18. The van der Waals surface area contributed by atoms with Crippen LogP contribution in [0, 0.1) is 10.7 Å². The van der Waals surface area contributed by atoms with Gasteiger partial charge in [0.2, 0.25) is 0 Å². The third-order valence-electron chi connectivity index (χ3n) is 4.19. The molecule has 0 radical (unpaired) electrons. The van der Waals surface area contributed by atoms with Crippen LogP contribution in [-0.4, -0.2) is 32.3 Å². The molecule has 6 heteroatoms. The van der Waals surface area contributed by atoms with Gasteiger partial charge in [0.25, 0.3) is 0 Å². The van der Waals surface area contributed by atoms with E-state index in [1.165, 1.54) is 17.7 Å². The molecule has 3 rings (SSSR count). The summed E-state index contributed by atoms with van der Waals surface area (Å²) < 4.78 is 4.96. The van der Waals surface area contributed by atoms with Gasteiger partial charge < -0.3 is 0 Å². The van der Waals surface area contributed by atoms with Crippen molar-refractivity contribution in [2.75, 3.05) is 13.1 Å². The van der Waals surface area contributed by atoms with E-state index in [1.807, 2.05) is 4.68 Å². The molecule has 0 unspecified atom stereocenters. The highest BCUT2D eigenvalue weighted by Crippen LogP contribution is 2.24. The topological polar surface area (TPSA) is 26.0 Å². The van der Waals surface area contributed by atoms with Crippen molar-refractivity contribution in [2.45, 2.75) is 39.9 Å². The highest BCUT2D eigenvalue weighted by atomic mass is 32.1. The van der Waals surface area contributed by atoms with Crippen molar-refractivity contribution in [1.82, 2.24) is 19.2 Å². The second-order valence-electron chi connectivity index (χ2n) is 5.77. The molecule has 2 aromatic heterocycles. The molecule has 3 heterocycles. The van der Waals surface area contributed by atoms with Crippen LogP contribution in [-0.2, 0) is 13.2 Å². The van der Waals surface area contributed by atoms with E-state index in [9.17, 15) is 0 Å². The molecule has 1 aliphatic rings. The van der Waals surface area contributed by atoms with Gasteiger partial charge in [0.1, 0.15) is 0 Å². The number of nitrogens with zero attached hydrogens (tertiary/aromatic N) is 4. The molecule has 0 aromatic carbocycles. The molecule has 0 N–H and O–H groups in total. The molecule has 1 fully saturated rings. The van der Waals surface area contributed by atoms with Crippen molar-refractivity contribution < 1.29 is 0 Å². The van der Waals surface area contributed by atoms with E-state index in [2.05, 4.69) is 40.8 Å². The van der Waals surface area contributed by atoms with Crippen LogP contribution in [0.2, 0.25) is 0 Å². The van der Waals surface area contributed by atoms with E-state index < -0.39 is 0 Å². The molecule has 21 heavy (non-hydrogen) atoms. The number of hydrogen-bond donors (Lipinski definition) is 0. The molecule has 1 aliphatic heterocycles. The lowest BCUT2D eigenvalue weighted by Gasteiger charge is -2.29. The molecule has 0 spiro atoms. The highest BCUT2D eigenvalue weighted by molar-refractivity contribution is 7.71. The van der Waals surface area contributed by atoms with Crippen LogP contribution in [0.4, 0.5) is 0 Å². The summed E-state index contributed by atoms with van der Waals surface area (Å²) in [7, 11) is 0. The van der Waals surface area contributed by atoms with Crippen molar-refractivity contribution in [3.05, 3.63) is 22.3 Å². The Morgan fingerprint density at radius 2 is 2.14 bits per heavy atom. The molecule has 0 amide bonds. The molecule has 0 bridgehead atoms. The number of hydrogen-bond acceptors (Lipinski definition) is 4. The number of likely N-dealkylation sites (tertiary alicyclic amines) is 1. The summed E-state index contributed by atoms with van der Waals surface area (Å²) in [5, 5.41) is 6.87. The van der Waals surface area contributed by atoms with E-state index in [0.717, 1.165) is 42.8 Å². The molecule has 0 saturated carbocycles. The Labute approximate surface area is 135 Å². The Morgan fingerprint density at radius 1 is 1.38 bits per heavy atom. The lowest BCUT2D eigenvalue weighted by Crippen LogP contribution is -2.34. The SMILES string of the molecule is CCn1c(-c2cccs2)nn(CN2CCC(C)CC2)c1=S. The fourth-order valence-electron chi connectivity index (χ4n) is 2.80. The van der Waals surface area contributed by atoms with Gasteiger partial charge in [0.15, 0.2) is 10.6 Å². The molecular formula is C15H22N4S2. The van der Waals surface area contributed by atoms with Gasteiger partial charge >= 0.3 is 0 Å². The Balaban J connectivity index is 1.84. The lowest BCUT2D eigenvalue weighted by atomic mass is 10.00. The summed E-state index contributed by atoms with van der Waals surface area (Å²) >= 11 is 7.34. The Kier molecular flexibility index (Phi) is 4.57. The van der Waals surface area contributed by atoms with Crippen molar-refractivity contribution >= 4 is 23.6 Å². The summed E-state index contributed by atoms with van der Waals surface area (Å²) in [5.74, 6) is 1.85. The van der Waals surface area contributed by atoms with Gasteiger partial charge in [0.05, 0.1) is 11.5 Å². The molecule has 0 aliphatic carbocycles. The number of rotatable bonds is 4. The minimum absolute atomic E-state index is 0.816. The van der Waals surface area contributed by atoms with Crippen LogP contribution >= 0.6 is 23.6 Å². The number of aromatic nitrogens is 3. The zero-order chi connectivity index (χ0) is 14.8. The molecule has 4 nitrogen and oxygen atoms in total. The van der Waals surface area contributed by atoms with Crippen LogP contribution in [0.1, 0.15) is 26.7 Å². The minimum Gasteiger partial charge on any atom is -0.300 e. The third-order valence-corrected chi connectivity index (χ3v) is 5.49. The minimum atomic E-state index is 0.816. The van der Waals surface area contributed by atoms with Gasteiger partial charge in [-0.15, -0.1) is 16.4 Å². The fourth-order valence-corrected chi connectivity index (χ4v) is 3.83. The summed E-state index contributed by atoms with van der Waals surface area (Å²) in [4.78, 5) is 3.65. The number of piperidine rings is 1. The summed E-state index contributed by atoms with van der Waals surface area (Å²) in [6.45, 7) is 8.44. The second-order valence-corrected chi connectivity index (χ2v) is 7.08. The van der Waals surface area contributed by atoms with Gasteiger partial charge in [-0.1, -0.05) is 13.0 Å². The molecule has 0 atom stereocenters. The summed E-state index contributed by atoms with van der Waals surface area (Å²) in [5.41, 5.74) is 0. The van der Waals surface area contributed by atoms with E-state index in [-0.39, 0.29) is 0 Å². The molecule has 1 saturated heterocycles. The van der Waals surface area contributed by atoms with E-state index in [0.29, 0.717) is 0 Å². The lowest BCUT2D eigenvalue weighted by molar-refractivity contribution is 0.146. The van der Waals surface area contributed by atoms with Gasteiger partial charge in [0, 0.05) is 19.6 Å². The Hall–Kier alpha value is -0.980. The third kappa shape index (κ3) is 3.12. The van der Waals surface area contributed by atoms with E-state index >= 15 is 0 Å². The van der Waals surface area contributed by atoms with Crippen LogP contribution < -0.4 is 0 Å². The van der Waals surface area contributed by atoms with E-state index in [4.69, 9.17) is 17.3 Å². The van der Waals surface area contributed by atoms with Gasteiger partial charge in [-0.05, 0) is 49.3 Å². The van der Waals surface area contributed by atoms with Crippen LogP contribution in [0.3, 0.4) is 0 Å². The van der Waals surface area contributed by atoms with Crippen molar-refractivity contribution in [3.63, 3.8) is 0 Å². The van der Waals surface area contributed by atoms with Crippen LogP contribution in [0.15, 0.2) is 17.5 Å². The standard InChI is InChI=1S/C15H22N4S2/c1-3-18-14(13-5-4-10-21-13)16-19(15(18)20)11-17-8-6-12(2)7-9-17/h4-5,10,12H,3,6-9,11H2,1-2H3. The first-order chi connectivity index (χ1) is 10.2. The van der Waals surface area contributed by atoms with Crippen molar-refractivity contribution in [3.8, 4) is 10.7 Å². The quantitative estimate of drug-likeness (QED) is 0.800. The first-order valence-corrected chi connectivity index (χ1v) is 8.91. The maximum absolute atomic E-state index is 5.62. The Morgan fingerprint density at radius 3 is 2.76 bits per heavy atom. The molecule has 2 aromatic rings. The fraction of sp³-hybridized carbons (Fsp3) is 0.600. The predicted octanol–water partition coefficient (Wildman–Crippen LogP) is 3.85. The van der Waals surface area contributed by atoms with Crippen LogP contribution in [0.25, 0.3) is 10.7 Å². The summed E-state index contributed by atoms with van der Waals surface area (Å²) in [6, 6.07) is 4.18. The largest absolute Gasteiger partial charge is 0.300 e. The molecule has 114 valence electrons. The molecular weight excluding hydrogens is 300 g/mol. The van der Waals surface area contributed by atoms with Crippen molar-refractivity contribution in [2.24, 2.45) is 5.92 Å². The maximum Gasteiger partial charge on any atom is 0.199 e. The van der Waals surface area contributed by atoms with Gasteiger partial charge in [-0.25, -0.2) is 4.68 Å². The van der Waals surface area contributed by atoms with Crippen molar-refractivity contribution in [1.29, 1.82) is 0 Å². The van der Waals surface area contributed by atoms with E-state index in [1.54, 1.807) is 11.3 Å². The average Bonchev–Trinajstić information content (AvgIpc) is 3.10. The second kappa shape index (κ2) is 6.42. The first kappa shape index (κ1) is 14.9.